The van der Waals surface area contributed by atoms with Crippen LogP contribution in [0.15, 0.2) is 10.6 Å². The van der Waals surface area contributed by atoms with E-state index in [1.807, 2.05) is 0 Å². The SMILES string of the molecule is CCCS(=O)(=O)NCCC(=O)Nc1cc(C)on1. The second-order valence-electron chi connectivity index (χ2n) is 3.83. The Morgan fingerprint density at radius 2 is 2.22 bits per heavy atom. The summed E-state index contributed by atoms with van der Waals surface area (Å²) in [6.45, 7) is 3.56. The average Bonchev–Trinajstić information content (AvgIpc) is 2.63. The van der Waals surface area contributed by atoms with E-state index in [0.717, 1.165) is 0 Å². The molecule has 18 heavy (non-hydrogen) atoms. The van der Waals surface area contributed by atoms with Crippen molar-refractivity contribution >= 4 is 21.7 Å². The monoisotopic (exact) mass is 275 g/mol. The summed E-state index contributed by atoms with van der Waals surface area (Å²) in [5.74, 6) is 0.669. The second-order valence-corrected chi connectivity index (χ2v) is 5.76. The first-order chi connectivity index (χ1) is 8.43. The van der Waals surface area contributed by atoms with Crippen LogP contribution in [0.1, 0.15) is 25.5 Å². The molecule has 0 aliphatic heterocycles. The fraction of sp³-hybridized carbons (Fsp3) is 0.600. The molecule has 1 aromatic rings. The number of rotatable bonds is 7. The molecular formula is C10H17N3O4S. The van der Waals surface area contributed by atoms with Gasteiger partial charge in [-0.1, -0.05) is 12.1 Å². The largest absolute Gasteiger partial charge is 0.360 e. The number of aryl methyl sites for hydroxylation is 1. The van der Waals surface area contributed by atoms with Crippen LogP contribution in [-0.4, -0.2) is 31.8 Å². The van der Waals surface area contributed by atoms with E-state index in [4.69, 9.17) is 4.52 Å². The Hall–Kier alpha value is -1.41. The Labute approximate surface area is 106 Å². The predicted octanol–water partition coefficient (Wildman–Crippen LogP) is 0.641. The van der Waals surface area contributed by atoms with E-state index in [9.17, 15) is 13.2 Å². The Bertz CT molecular complexity index is 495. The summed E-state index contributed by atoms with van der Waals surface area (Å²) in [6, 6.07) is 1.58. The molecule has 7 nitrogen and oxygen atoms in total. The van der Waals surface area contributed by atoms with E-state index in [0.29, 0.717) is 18.0 Å². The highest BCUT2D eigenvalue weighted by Crippen LogP contribution is 2.06. The van der Waals surface area contributed by atoms with Crippen molar-refractivity contribution in [1.82, 2.24) is 9.88 Å². The molecule has 0 unspecified atom stereocenters. The molecule has 0 aromatic carbocycles. The number of nitrogens with zero attached hydrogens (tertiary/aromatic N) is 1. The summed E-state index contributed by atoms with van der Waals surface area (Å²) in [4.78, 5) is 11.4. The van der Waals surface area contributed by atoms with Gasteiger partial charge in [-0.15, -0.1) is 0 Å². The van der Waals surface area contributed by atoms with E-state index < -0.39 is 10.0 Å². The number of aromatic nitrogens is 1. The van der Waals surface area contributed by atoms with Crippen LogP contribution in [0.3, 0.4) is 0 Å². The number of hydrogen-bond acceptors (Lipinski definition) is 5. The third-order valence-electron chi connectivity index (χ3n) is 2.04. The van der Waals surface area contributed by atoms with Gasteiger partial charge in [0.1, 0.15) is 5.76 Å². The zero-order valence-corrected chi connectivity index (χ0v) is 11.2. The number of nitrogens with one attached hydrogen (secondary N) is 2. The molecule has 0 aliphatic carbocycles. The number of amides is 1. The molecule has 1 heterocycles. The number of carbonyl (C=O) groups is 1. The quantitative estimate of drug-likeness (QED) is 0.760. The molecule has 0 radical (unpaired) electrons. The fourth-order valence-electron chi connectivity index (χ4n) is 1.29. The minimum Gasteiger partial charge on any atom is -0.360 e. The van der Waals surface area contributed by atoms with Crippen LogP contribution in [0.4, 0.5) is 5.82 Å². The third kappa shape index (κ3) is 5.28. The lowest BCUT2D eigenvalue weighted by molar-refractivity contribution is -0.116. The second kappa shape index (κ2) is 6.50. The van der Waals surface area contributed by atoms with Crippen molar-refractivity contribution in [1.29, 1.82) is 0 Å². The number of sulfonamides is 1. The summed E-state index contributed by atoms with van der Waals surface area (Å²) in [7, 11) is -3.26. The normalized spacial score (nSPS) is 11.4. The van der Waals surface area contributed by atoms with Crippen molar-refractivity contribution in [2.75, 3.05) is 17.6 Å². The zero-order valence-electron chi connectivity index (χ0n) is 10.4. The number of hydrogen-bond donors (Lipinski definition) is 2. The Morgan fingerprint density at radius 1 is 1.50 bits per heavy atom. The molecule has 1 rings (SSSR count). The van der Waals surface area contributed by atoms with Crippen LogP contribution in [0, 0.1) is 6.92 Å². The predicted molar refractivity (Wildman–Crippen MR) is 66.6 cm³/mol. The van der Waals surface area contributed by atoms with Crippen LogP contribution in [0.25, 0.3) is 0 Å². The third-order valence-corrected chi connectivity index (χ3v) is 3.63. The van der Waals surface area contributed by atoms with Crippen LogP contribution in [-0.2, 0) is 14.8 Å². The molecule has 0 spiro atoms. The number of carbonyl (C=O) groups excluding carboxylic acids is 1. The molecule has 2 N–H and O–H groups in total. The molecule has 0 aliphatic rings. The van der Waals surface area contributed by atoms with E-state index in [1.54, 1.807) is 19.9 Å². The molecule has 8 heteroatoms. The van der Waals surface area contributed by atoms with Crippen molar-refractivity contribution < 1.29 is 17.7 Å². The first-order valence-electron chi connectivity index (χ1n) is 5.63. The lowest BCUT2D eigenvalue weighted by Gasteiger charge is -2.04. The first-order valence-corrected chi connectivity index (χ1v) is 7.28. The highest BCUT2D eigenvalue weighted by atomic mass is 32.2. The minimum absolute atomic E-state index is 0.0504. The Morgan fingerprint density at radius 3 is 2.78 bits per heavy atom. The van der Waals surface area contributed by atoms with Crippen molar-refractivity contribution in [2.45, 2.75) is 26.7 Å². The van der Waals surface area contributed by atoms with Gasteiger partial charge in [0, 0.05) is 19.0 Å². The van der Waals surface area contributed by atoms with E-state index in [2.05, 4.69) is 15.2 Å². The van der Waals surface area contributed by atoms with Gasteiger partial charge in [-0.2, -0.15) is 0 Å². The van der Waals surface area contributed by atoms with Crippen molar-refractivity contribution in [2.24, 2.45) is 0 Å². The topological polar surface area (TPSA) is 101 Å². The lowest BCUT2D eigenvalue weighted by atomic mass is 10.4. The standard InChI is InChI=1S/C10H17N3O4S/c1-3-6-18(15,16)11-5-4-10(14)12-9-7-8(2)17-13-9/h7,11H,3-6H2,1-2H3,(H,12,13,14). The summed E-state index contributed by atoms with van der Waals surface area (Å²) in [5, 5.41) is 6.10. The highest BCUT2D eigenvalue weighted by Gasteiger charge is 2.10. The highest BCUT2D eigenvalue weighted by molar-refractivity contribution is 7.89. The van der Waals surface area contributed by atoms with Gasteiger partial charge in [-0.05, 0) is 13.3 Å². The molecule has 1 amide bonds. The molecule has 0 atom stereocenters. The molecule has 0 fully saturated rings. The first kappa shape index (κ1) is 14.7. The molecule has 0 saturated carbocycles. The van der Waals surface area contributed by atoms with Crippen LogP contribution >= 0.6 is 0 Å². The average molecular weight is 275 g/mol. The van der Waals surface area contributed by atoms with Crippen molar-refractivity contribution in [3.05, 3.63) is 11.8 Å². The van der Waals surface area contributed by atoms with E-state index in [-0.39, 0.29) is 24.6 Å². The van der Waals surface area contributed by atoms with Gasteiger partial charge in [0.15, 0.2) is 5.82 Å². The molecular weight excluding hydrogens is 258 g/mol. The molecule has 0 saturated heterocycles. The van der Waals surface area contributed by atoms with Gasteiger partial charge in [0.05, 0.1) is 5.75 Å². The summed E-state index contributed by atoms with van der Waals surface area (Å²) in [5.41, 5.74) is 0. The molecule has 102 valence electrons. The zero-order chi connectivity index (χ0) is 13.6. The van der Waals surface area contributed by atoms with Gasteiger partial charge in [0.25, 0.3) is 0 Å². The number of anilines is 1. The van der Waals surface area contributed by atoms with Crippen molar-refractivity contribution in [3.63, 3.8) is 0 Å². The fourth-order valence-corrected chi connectivity index (χ4v) is 2.39. The minimum atomic E-state index is -3.26. The van der Waals surface area contributed by atoms with Crippen LogP contribution in [0.5, 0.6) is 0 Å². The molecule has 0 bridgehead atoms. The van der Waals surface area contributed by atoms with Gasteiger partial charge in [-0.3, -0.25) is 4.79 Å². The summed E-state index contributed by atoms with van der Waals surface area (Å²) < 4.78 is 29.7. The molecule has 1 aromatic heterocycles. The summed E-state index contributed by atoms with van der Waals surface area (Å²) in [6.07, 6.45) is 0.592. The maximum Gasteiger partial charge on any atom is 0.226 e. The van der Waals surface area contributed by atoms with Gasteiger partial charge in [-0.25, -0.2) is 13.1 Å². The lowest BCUT2D eigenvalue weighted by Crippen LogP contribution is -2.29. The Kier molecular flexibility index (Phi) is 5.29. The maximum atomic E-state index is 11.4. The smallest absolute Gasteiger partial charge is 0.226 e. The van der Waals surface area contributed by atoms with Crippen LogP contribution < -0.4 is 10.0 Å². The maximum absolute atomic E-state index is 11.4. The van der Waals surface area contributed by atoms with Gasteiger partial charge < -0.3 is 9.84 Å². The van der Waals surface area contributed by atoms with Gasteiger partial charge in [0.2, 0.25) is 15.9 Å². The van der Waals surface area contributed by atoms with Crippen molar-refractivity contribution in [3.8, 4) is 0 Å². The van der Waals surface area contributed by atoms with E-state index >= 15 is 0 Å². The van der Waals surface area contributed by atoms with Crippen LogP contribution in [0.2, 0.25) is 0 Å². The van der Waals surface area contributed by atoms with Gasteiger partial charge >= 0.3 is 0 Å². The Balaban J connectivity index is 2.30. The van der Waals surface area contributed by atoms with E-state index in [1.165, 1.54) is 0 Å². The summed E-state index contributed by atoms with van der Waals surface area (Å²) >= 11 is 0.